The highest BCUT2D eigenvalue weighted by Gasteiger charge is 2.09. The first-order chi connectivity index (χ1) is 9.22. The number of anilines is 2. The van der Waals surface area contributed by atoms with Crippen LogP contribution in [0, 0.1) is 0 Å². The van der Waals surface area contributed by atoms with E-state index in [9.17, 15) is 0 Å². The summed E-state index contributed by atoms with van der Waals surface area (Å²) in [5.74, 6) is 2.01. The van der Waals surface area contributed by atoms with Gasteiger partial charge in [-0.05, 0) is 27.4 Å². The molecule has 0 spiro atoms. The predicted molar refractivity (Wildman–Crippen MR) is 82.6 cm³/mol. The molecule has 0 aliphatic heterocycles. The predicted octanol–water partition coefficient (Wildman–Crippen LogP) is 3.50. The van der Waals surface area contributed by atoms with Gasteiger partial charge in [0.1, 0.15) is 22.4 Å². The summed E-state index contributed by atoms with van der Waals surface area (Å²) in [6, 6.07) is 10.4. The van der Waals surface area contributed by atoms with Crippen molar-refractivity contribution in [2.24, 2.45) is 0 Å². The lowest BCUT2D eigenvalue weighted by Gasteiger charge is -2.15. The summed E-state index contributed by atoms with van der Waals surface area (Å²) in [4.78, 5) is 8.38. The maximum atomic E-state index is 4.24. The number of hydrogen-bond donors (Lipinski definition) is 2. The summed E-state index contributed by atoms with van der Waals surface area (Å²) in [6.45, 7) is 3.01. The second kappa shape index (κ2) is 6.52. The van der Waals surface area contributed by atoms with Gasteiger partial charge in [0.15, 0.2) is 0 Å². The molecule has 100 valence electrons. The van der Waals surface area contributed by atoms with E-state index in [4.69, 9.17) is 0 Å². The monoisotopic (exact) mass is 320 g/mol. The summed E-state index contributed by atoms with van der Waals surface area (Å²) in [5, 5.41) is 6.36. The van der Waals surface area contributed by atoms with E-state index in [0.29, 0.717) is 5.92 Å². The van der Waals surface area contributed by atoms with Crippen LogP contribution < -0.4 is 10.6 Å². The fourth-order valence-electron chi connectivity index (χ4n) is 1.82. The molecule has 0 bridgehead atoms. The Labute approximate surface area is 121 Å². The average molecular weight is 321 g/mol. The van der Waals surface area contributed by atoms with E-state index in [-0.39, 0.29) is 0 Å². The van der Waals surface area contributed by atoms with Crippen molar-refractivity contribution < 1.29 is 0 Å². The Hall–Kier alpha value is -1.62. The largest absolute Gasteiger partial charge is 0.372 e. The molecule has 2 N–H and O–H groups in total. The van der Waals surface area contributed by atoms with E-state index in [1.165, 1.54) is 5.56 Å². The lowest BCUT2D eigenvalue weighted by molar-refractivity contribution is 0.800. The Bertz CT molecular complexity index is 530. The van der Waals surface area contributed by atoms with Crippen LogP contribution in [0.3, 0.4) is 0 Å². The van der Waals surface area contributed by atoms with Gasteiger partial charge < -0.3 is 10.6 Å². The van der Waals surface area contributed by atoms with Crippen LogP contribution in [0.1, 0.15) is 18.4 Å². The third-order valence-corrected chi connectivity index (χ3v) is 3.72. The summed E-state index contributed by atoms with van der Waals surface area (Å²) < 4.78 is 0.859. The van der Waals surface area contributed by atoms with Crippen LogP contribution in [0.2, 0.25) is 0 Å². The Kier molecular flexibility index (Phi) is 4.74. The molecule has 0 saturated carbocycles. The molecule has 1 unspecified atom stereocenters. The Morgan fingerprint density at radius 3 is 2.53 bits per heavy atom. The molecular formula is C14H17BrN4. The normalized spacial score (nSPS) is 11.9. The van der Waals surface area contributed by atoms with Crippen LogP contribution in [-0.4, -0.2) is 23.6 Å². The number of benzene rings is 1. The lowest BCUT2D eigenvalue weighted by atomic mass is 10.0. The second-order valence-corrected chi connectivity index (χ2v) is 5.12. The minimum Gasteiger partial charge on any atom is -0.372 e. The molecule has 0 radical (unpaired) electrons. The highest BCUT2D eigenvalue weighted by molar-refractivity contribution is 9.10. The van der Waals surface area contributed by atoms with Gasteiger partial charge in [-0.2, -0.15) is 0 Å². The molecule has 1 aromatic heterocycles. The second-order valence-electron chi connectivity index (χ2n) is 4.33. The third-order valence-electron chi connectivity index (χ3n) is 2.97. The zero-order chi connectivity index (χ0) is 13.7. The van der Waals surface area contributed by atoms with Gasteiger partial charge in [-0.15, -0.1) is 0 Å². The maximum absolute atomic E-state index is 4.24. The Balaban J connectivity index is 2.03. The van der Waals surface area contributed by atoms with Crippen molar-refractivity contribution in [3.05, 3.63) is 46.7 Å². The molecular weight excluding hydrogens is 304 g/mol. The molecule has 2 rings (SSSR count). The van der Waals surface area contributed by atoms with E-state index in [2.05, 4.69) is 67.7 Å². The number of hydrogen-bond acceptors (Lipinski definition) is 4. The Morgan fingerprint density at radius 2 is 1.84 bits per heavy atom. The highest BCUT2D eigenvalue weighted by Crippen LogP contribution is 2.26. The van der Waals surface area contributed by atoms with Gasteiger partial charge in [-0.1, -0.05) is 37.3 Å². The van der Waals surface area contributed by atoms with Crippen molar-refractivity contribution in [1.82, 2.24) is 9.97 Å². The minimum atomic E-state index is 0.418. The smallest absolute Gasteiger partial charge is 0.145 e. The van der Waals surface area contributed by atoms with Crippen molar-refractivity contribution >= 4 is 27.6 Å². The average Bonchev–Trinajstić information content (AvgIpc) is 2.47. The third kappa shape index (κ3) is 3.44. The number of aromatic nitrogens is 2. The van der Waals surface area contributed by atoms with Crippen molar-refractivity contribution in [2.45, 2.75) is 12.8 Å². The minimum absolute atomic E-state index is 0.418. The van der Waals surface area contributed by atoms with Gasteiger partial charge in [0.2, 0.25) is 0 Å². The number of nitrogens with zero attached hydrogens (tertiary/aromatic N) is 2. The highest BCUT2D eigenvalue weighted by atomic mass is 79.9. The fourth-order valence-corrected chi connectivity index (χ4v) is 2.36. The SMILES string of the molecule is CNc1ncnc(NCC(C)c2ccccc2)c1Br. The van der Waals surface area contributed by atoms with E-state index < -0.39 is 0 Å². The molecule has 1 aromatic carbocycles. The van der Waals surface area contributed by atoms with Crippen LogP contribution in [0.15, 0.2) is 41.1 Å². The lowest BCUT2D eigenvalue weighted by Crippen LogP contribution is -2.12. The first-order valence-corrected chi connectivity index (χ1v) is 6.98. The zero-order valence-electron chi connectivity index (χ0n) is 11.0. The van der Waals surface area contributed by atoms with E-state index in [0.717, 1.165) is 22.7 Å². The number of rotatable bonds is 5. The molecule has 5 heteroatoms. The number of halogens is 1. The summed E-state index contributed by atoms with van der Waals surface area (Å²) in [7, 11) is 1.84. The molecule has 0 aliphatic rings. The van der Waals surface area contributed by atoms with Crippen LogP contribution >= 0.6 is 15.9 Å². The summed E-state index contributed by atoms with van der Waals surface area (Å²) in [6.07, 6.45) is 1.55. The molecule has 0 saturated heterocycles. The first kappa shape index (κ1) is 13.8. The topological polar surface area (TPSA) is 49.8 Å². The molecule has 1 atom stereocenters. The molecule has 0 aliphatic carbocycles. The molecule has 1 heterocycles. The molecule has 0 amide bonds. The Morgan fingerprint density at radius 1 is 1.16 bits per heavy atom. The van der Waals surface area contributed by atoms with Crippen LogP contribution in [0.5, 0.6) is 0 Å². The van der Waals surface area contributed by atoms with Crippen molar-refractivity contribution in [1.29, 1.82) is 0 Å². The molecule has 4 nitrogen and oxygen atoms in total. The van der Waals surface area contributed by atoms with E-state index in [1.54, 1.807) is 6.33 Å². The van der Waals surface area contributed by atoms with Crippen LogP contribution in [0.4, 0.5) is 11.6 Å². The first-order valence-electron chi connectivity index (χ1n) is 6.19. The number of nitrogens with one attached hydrogen (secondary N) is 2. The molecule has 2 aromatic rings. The van der Waals surface area contributed by atoms with E-state index >= 15 is 0 Å². The van der Waals surface area contributed by atoms with Crippen LogP contribution in [-0.2, 0) is 0 Å². The summed E-state index contributed by atoms with van der Waals surface area (Å²) >= 11 is 3.50. The molecule has 19 heavy (non-hydrogen) atoms. The van der Waals surface area contributed by atoms with Gasteiger partial charge in [0, 0.05) is 13.6 Å². The quantitative estimate of drug-likeness (QED) is 0.885. The van der Waals surface area contributed by atoms with Gasteiger partial charge in [-0.3, -0.25) is 0 Å². The van der Waals surface area contributed by atoms with Gasteiger partial charge in [0.25, 0.3) is 0 Å². The van der Waals surface area contributed by atoms with Crippen LogP contribution in [0.25, 0.3) is 0 Å². The van der Waals surface area contributed by atoms with Gasteiger partial charge in [-0.25, -0.2) is 9.97 Å². The zero-order valence-corrected chi connectivity index (χ0v) is 12.6. The van der Waals surface area contributed by atoms with Gasteiger partial charge in [0.05, 0.1) is 0 Å². The van der Waals surface area contributed by atoms with Gasteiger partial charge >= 0.3 is 0 Å². The van der Waals surface area contributed by atoms with E-state index in [1.807, 2.05) is 13.1 Å². The molecule has 0 fully saturated rings. The summed E-state index contributed by atoms with van der Waals surface area (Å²) in [5.41, 5.74) is 1.31. The maximum Gasteiger partial charge on any atom is 0.145 e. The fraction of sp³-hybridized carbons (Fsp3) is 0.286. The van der Waals surface area contributed by atoms with Crippen molar-refractivity contribution in [3.8, 4) is 0 Å². The van der Waals surface area contributed by atoms with Crippen molar-refractivity contribution in [3.63, 3.8) is 0 Å². The van der Waals surface area contributed by atoms with Crippen molar-refractivity contribution in [2.75, 3.05) is 24.2 Å². The standard InChI is InChI=1S/C14H17BrN4/c1-10(11-6-4-3-5-7-11)8-17-14-12(15)13(16-2)18-9-19-14/h3-7,9-10H,8H2,1-2H3,(H2,16,17,18,19).